The fourth-order valence-corrected chi connectivity index (χ4v) is 3.14. The van der Waals surface area contributed by atoms with Crippen LogP contribution in [0.5, 0.6) is 0 Å². The number of pyridine rings is 1. The van der Waals surface area contributed by atoms with Crippen molar-refractivity contribution in [3.05, 3.63) is 49.4 Å². The van der Waals surface area contributed by atoms with Crippen molar-refractivity contribution >= 4 is 34.5 Å². The van der Waals surface area contributed by atoms with Gasteiger partial charge in [-0.3, -0.25) is 0 Å². The van der Waals surface area contributed by atoms with Gasteiger partial charge in [-0.25, -0.2) is 4.98 Å². The van der Waals surface area contributed by atoms with Gasteiger partial charge in [0.15, 0.2) is 0 Å². The SMILES string of the molecule is Cc1csc(C(O)c2ccc(C(F)(F)F)nc2Cl)c1Cl. The van der Waals surface area contributed by atoms with Crippen LogP contribution >= 0.6 is 34.5 Å². The second-order valence-electron chi connectivity index (χ2n) is 4.07. The minimum Gasteiger partial charge on any atom is -0.383 e. The maximum absolute atomic E-state index is 12.5. The first kappa shape index (κ1) is 15.6. The molecule has 0 bridgehead atoms. The van der Waals surface area contributed by atoms with Crippen LogP contribution in [0.2, 0.25) is 10.2 Å². The molecule has 0 saturated carbocycles. The van der Waals surface area contributed by atoms with E-state index in [0.717, 1.165) is 17.7 Å². The lowest BCUT2D eigenvalue weighted by molar-refractivity contribution is -0.141. The monoisotopic (exact) mass is 341 g/mol. The Morgan fingerprint density at radius 1 is 1.30 bits per heavy atom. The summed E-state index contributed by atoms with van der Waals surface area (Å²) in [7, 11) is 0. The first-order chi connectivity index (χ1) is 9.21. The Morgan fingerprint density at radius 2 is 1.95 bits per heavy atom. The van der Waals surface area contributed by atoms with Gasteiger partial charge in [0.1, 0.15) is 17.0 Å². The van der Waals surface area contributed by atoms with Crippen LogP contribution in [-0.4, -0.2) is 10.1 Å². The lowest BCUT2D eigenvalue weighted by atomic mass is 10.1. The number of aliphatic hydroxyl groups is 1. The zero-order chi connectivity index (χ0) is 15.1. The first-order valence-electron chi connectivity index (χ1n) is 5.37. The van der Waals surface area contributed by atoms with Crippen LogP contribution in [-0.2, 0) is 6.18 Å². The molecule has 0 aliphatic heterocycles. The first-order valence-corrected chi connectivity index (χ1v) is 7.00. The van der Waals surface area contributed by atoms with E-state index in [1.807, 2.05) is 0 Å². The molecule has 20 heavy (non-hydrogen) atoms. The number of aryl methyl sites for hydroxylation is 1. The van der Waals surface area contributed by atoms with E-state index in [9.17, 15) is 18.3 Å². The molecule has 2 aromatic rings. The van der Waals surface area contributed by atoms with Crippen molar-refractivity contribution in [1.29, 1.82) is 0 Å². The van der Waals surface area contributed by atoms with Gasteiger partial charge in [0.25, 0.3) is 0 Å². The number of halogens is 5. The van der Waals surface area contributed by atoms with Gasteiger partial charge >= 0.3 is 6.18 Å². The van der Waals surface area contributed by atoms with Gasteiger partial charge in [-0.1, -0.05) is 29.3 Å². The summed E-state index contributed by atoms with van der Waals surface area (Å²) in [5.74, 6) is 0. The Hall–Kier alpha value is -0.820. The molecule has 0 amide bonds. The van der Waals surface area contributed by atoms with Gasteiger partial charge < -0.3 is 5.11 Å². The molecule has 0 radical (unpaired) electrons. The molecule has 0 aliphatic rings. The van der Waals surface area contributed by atoms with Gasteiger partial charge in [-0.2, -0.15) is 13.2 Å². The zero-order valence-corrected chi connectivity index (χ0v) is 12.3. The third-order valence-electron chi connectivity index (χ3n) is 2.64. The normalized spacial score (nSPS) is 13.6. The van der Waals surface area contributed by atoms with Gasteiger partial charge in [-0.15, -0.1) is 11.3 Å². The molecule has 0 spiro atoms. The van der Waals surface area contributed by atoms with Crippen molar-refractivity contribution in [2.75, 3.05) is 0 Å². The molecule has 8 heteroatoms. The van der Waals surface area contributed by atoms with E-state index in [-0.39, 0.29) is 5.56 Å². The highest BCUT2D eigenvalue weighted by atomic mass is 35.5. The summed E-state index contributed by atoms with van der Waals surface area (Å²) in [5, 5.41) is 11.9. The molecule has 2 aromatic heterocycles. The van der Waals surface area contributed by atoms with Crippen LogP contribution in [0.25, 0.3) is 0 Å². The zero-order valence-electron chi connectivity index (χ0n) is 10.0. The highest BCUT2D eigenvalue weighted by Crippen LogP contribution is 2.38. The average Bonchev–Trinajstić information content (AvgIpc) is 2.68. The molecular formula is C12H8Cl2F3NOS. The molecule has 0 fully saturated rings. The van der Waals surface area contributed by atoms with E-state index in [2.05, 4.69) is 4.98 Å². The van der Waals surface area contributed by atoms with Crippen molar-refractivity contribution in [2.24, 2.45) is 0 Å². The predicted octanol–water partition coefficient (Wildman–Crippen LogP) is 4.86. The maximum Gasteiger partial charge on any atom is 0.433 e. The molecule has 2 nitrogen and oxygen atoms in total. The maximum atomic E-state index is 12.5. The fraction of sp³-hybridized carbons (Fsp3) is 0.250. The van der Waals surface area contributed by atoms with Crippen LogP contribution in [0.3, 0.4) is 0 Å². The average molecular weight is 342 g/mol. The second-order valence-corrected chi connectivity index (χ2v) is 5.72. The van der Waals surface area contributed by atoms with Crippen molar-refractivity contribution in [3.8, 4) is 0 Å². The largest absolute Gasteiger partial charge is 0.433 e. The third kappa shape index (κ3) is 2.93. The standard InChI is InChI=1S/C12H8Cl2F3NOS/c1-5-4-20-10(8(5)13)9(19)6-2-3-7(12(15,16)17)18-11(6)14/h2-4,9,19H,1H3. The number of aromatic nitrogens is 1. The molecule has 2 heterocycles. The minimum atomic E-state index is -4.58. The number of rotatable bonds is 2. The molecule has 1 unspecified atom stereocenters. The Kier molecular flexibility index (Phi) is 4.30. The summed E-state index contributed by atoms with van der Waals surface area (Å²) < 4.78 is 37.5. The van der Waals surface area contributed by atoms with Crippen molar-refractivity contribution in [1.82, 2.24) is 4.98 Å². The third-order valence-corrected chi connectivity index (χ3v) is 4.71. The smallest absolute Gasteiger partial charge is 0.383 e. The predicted molar refractivity (Wildman–Crippen MR) is 72.4 cm³/mol. The van der Waals surface area contributed by atoms with Crippen LogP contribution in [0.1, 0.15) is 27.8 Å². The number of hydrogen-bond acceptors (Lipinski definition) is 3. The van der Waals surface area contributed by atoms with E-state index >= 15 is 0 Å². The number of thiophene rings is 1. The van der Waals surface area contributed by atoms with Crippen molar-refractivity contribution in [2.45, 2.75) is 19.2 Å². The van der Waals surface area contributed by atoms with Crippen LogP contribution in [0.4, 0.5) is 13.2 Å². The summed E-state index contributed by atoms with van der Waals surface area (Å²) in [6.45, 7) is 1.77. The molecule has 2 rings (SSSR count). The molecular weight excluding hydrogens is 334 g/mol. The number of nitrogens with zero attached hydrogens (tertiary/aromatic N) is 1. The molecule has 1 N–H and O–H groups in total. The summed E-state index contributed by atoms with van der Waals surface area (Å²) in [4.78, 5) is 3.69. The summed E-state index contributed by atoms with van der Waals surface area (Å²) in [5.41, 5.74) is -0.239. The summed E-state index contributed by atoms with van der Waals surface area (Å²) in [6, 6.07) is 1.88. The Labute approximate surface area is 126 Å². The van der Waals surface area contributed by atoms with Crippen molar-refractivity contribution in [3.63, 3.8) is 0 Å². The van der Waals surface area contributed by atoms with Gasteiger partial charge in [0.05, 0.1) is 9.90 Å². The van der Waals surface area contributed by atoms with Gasteiger partial charge in [-0.05, 0) is 23.9 Å². The van der Waals surface area contributed by atoms with Crippen LogP contribution < -0.4 is 0 Å². The number of hydrogen-bond donors (Lipinski definition) is 1. The van der Waals surface area contributed by atoms with Gasteiger partial charge in [0, 0.05) is 5.56 Å². The van der Waals surface area contributed by atoms with E-state index in [1.165, 1.54) is 11.3 Å². The Morgan fingerprint density at radius 3 is 2.40 bits per heavy atom. The topological polar surface area (TPSA) is 33.1 Å². The molecule has 0 aliphatic carbocycles. The molecule has 1 atom stereocenters. The number of aliphatic hydroxyl groups excluding tert-OH is 1. The number of alkyl halides is 3. The van der Waals surface area contributed by atoms with Gasteiger partial charge in [0.2, 0.25) is 0 Å². The van der Waals surface area contributed by atoms with E-state index in [4.69, 9.17) is 23.2 Å². The Bertz CT molecular complexity index is 642. The lowest BCUT2D eigenvalue weighted by Crippen LogP contribution is -2.10. The second kappa shape index (κ2) is 5.52. The summed E-state index contributed by atoms with van der Waals surface area (Å²) >= 11 is 13.0. The van der Waals surface area contributed by atoms with Crippen molar-refractivity contribution < 1.29 is 18.3 Å². The highest BCUT2D eigenvalue weighted by molar-refractivity contribution is 7.10. The lowest BCUT2D eigenvalue weighted by Gasteiger charge is -2.13. The molecule has 0 saturated heterocycles. The quantitative estimate of drug-likeness (QED) is 0.791. The molecule has 108 valence electrons. The fourth-order valence-electron chi connectivity index (χ4n) is 1.58. The van der Waals surface area contributed by atoms with E-state index in [0.29, 0.717) is 9.90 Å². The van der Waals surface area contributed by atoms with E-state index in [1.54, 1.807) is 12.3 Å². The minimum absolute atomic E-state index is 0.0865. The Balaban J connectivity index is 2.41. The van der Waals surface area contributed by atoms with Crippen LogP contribution in [0, 0.1) is 6.92 Å². The highest BCUT2D eigenvalue weighted by Gasteiger charge is 2.33. The van der Waals surface area contributed by atoms with Crippen LogP contribution in [0.15, 0.2) is 17.5 Å². The molecule has 0 aromatic carbocycles. The van der Waals surface area contributed by atoms with E-state index < -0.39 is 23.1 Å². The summed E-state index contributed by atoms with van der Waals surface area (Å²) in [6.07, 6.45) is -5.78.